The van der Waals surface area contributed by atoms with Crippen molar-refractivity contribution in [3.63, 3.8) is 0 Å². The van der Waals surface area contributed by atoms with E-state index in [1.165, 1.54) is 22.7 Å². The molecule has 7 heteroatoms. The summed E-state index contributed by atoms with van der Waals surface area (Å²) in [5.74, 6) is -0.618. The van der Waals surface area contributed by atoms with Gasteiger partial charge in [0.15, 0.2) is 0 Å². The number of piperidine rings is 1. The number of nitrogens with one attached hydrogen (secondary N) is 1. The molecule has 1 N–H and O–H groups in total. The highest BCUT2D eigenvalue weighted by Crippen LogP contribution is 2.19. The predicted octanol–water partition coefficient (Wildman–Crippen LogP) is 1.11. The highest BCUT2D eigenvalue weighted by Gasteiger charge is 2.28. The number of benzene rings is 1. The molecule has 0 aromatic heterocycles. The number of hydrogen-bond acceptors (Lipinski definition) is 3. The van der Waals surface area contributed by atoms with Gasteiger partial charge in [0.2, 0.25) is 15.9 Å². The van der Waals surface area contributed by atoms with E-state index in [1.807, 2.05) is 0 Å². The smallest absolute Gasteiger partial charge is 0.223 e. The maximum Gasteiger partial charge on any atom is 0.223 e. The molecule has 0 radical (unpaired) electrons. The normalized spacial score (nSPS) is 17.6. The third-order valence-electron chi connectivity index (χ3n) is 3.65. The lowest BCUT2D eigenvalue weighted by atomic mass is 9.97. The highest BCUT2D eigenvalue weighted by atomic mass is 32.2. The molecule has 0 spiro atoms. The Morgan fingerprint density at radius 2 is 2.05 bits per heavy atom. The van der Waals surface area contributed by atoms with Gasteiger partial charge in [-0.1, -0.05) is 12.1 Å². The van der Waals surface area contributed by atoms with E-state index in [-0.39, 0.29) is 24.2 Å². The van der Waals surface area contributed by atoms with Gasteiger partial charge in [-0.15, -0.1) is 0 Å². The van der Waals surface area contributed by atoms with Crippen molar-refractivity contribution in [3.8, 4) is 0 Å². The fourth-order valence-electron chi connectivity index (χ4n) is 2.43. The average molecular weight is 314 g/mol. The van der Waals surface area contributed by atoms with Crippen LogP contribution in [0.5, 0.6) is 0 Å². The van der Waals surface area contributed by atoms with Gasteiger partial charge in [-0.2, -0.15) is 0 Å². The van der Waals surface area contributed by atoms with E-state index in [0.29, 0.717) is 31.5 Å². The molecule has 21 heavy (non-hydrogen) atoms. The maximum atomic E-state index is 13.0. The third kappa shape index (κ3) is 4.50. The Morgan fingerprint density at radius 1 is 1.38 bits per heavy atom. The zero-order chi connectivity index (χ0) is 15.5. The summed E-state index contributed by atoms with van der Waals surface area (Å²) in [6.45, 7) is 1.02. The summed E-state index contributed by atoms with van der Waals surface area (Å²) in [5, 5.41) is 2.78. The van der Waals surface area contributed by atoms with Crippen molar-refractivity contribution in [3.05, 3.63) is 35.6 Å². The minimum Gasteiger partial charge on any atom is -0.352 e. The number of nitrogens with zero attached hydrogens (tertiary/aromatic N) is 1. The minimum atomic E-state index is -3.18. The van der Waals surface area contributed by atoms with Crippen LogP contribution < -0.4 is 5.32 Å². The van der Waals surface area contributed by atoms with Gasteiger partial charge in [0.1, 0.15) is 5.82 Å². The topological polar surface area (TPSA) is 66.5 Å². The van der Waals surface area contributed by atoms with Crippen LogP contribution in [0.1, 0.15) is 18.4 Å². The number of halogens is 1. The number of carbonyl (C=O) groups excluding carboxylic acids is 1. The summed E-state index contributed by atoms with van der Waals surface area (Å²) in [7, 11) is -3.18. The molecule has 1 aromatic rings. The van der Waals surface area contributed by atoms with Gasteiger partial charge in [0, 0.05) is 25.6 Å². The fraction of sp³-hybridized carbons (Fsp3) is 0.500. The fourth-order valence-corrected chi connectivity index (χ4v) is 3.30. The van der Waals surface area contributed by atoms with E-state index < -0.39 is 10.0 Å². The van der Waals surface area contributed by atoms with Crippen molar-refractivity contribution < 1.29 is 17.6 Å². The first-order valence-electron chi connectivity index (χ1n) is 6.83. The second-order valence-corrected chi connectivity index (χ2v) is 7.27. The molecular weight excluding hydrogens is 295 g/mol. The van der Waals surface area contributed by atoms with E-state index >= 15 is 0 Å². The second-order valence-electron chi connectivity index (χ2n) is 5.28. The summed E-state index contributed by atoms with van der Waals surface area (Å²) < 4.78 is 37.2. The van der Waals surface area contributed by atoms with Gasteiger partial charge < -0.3 is 5.32 Å². The number of hydrogen-bond donors (Lipinski definition) is 1. The van der Waals surface area contributed by atoms with Crippen molar-refractivity contribution in [2.75, 3.05) is 19.3 Å². The number of amides is 1. The van der Waals surface area contributed by atoms with Crippen molar-refractivity contribution in [1.29, 1.82) is 0 Å². The van der Waals surface area contributed by atoms with E-state index in [9.17, 15) is 17.6 Å². The Kier molecular flexibility index (Phi) is 4.95. The molecule has 1 aliphatic heterocycles. The molecule has 1 heterocycles. The zero-order valence-electron chi connectivity index (χ0n) is 11.9. The molecule has 1 aromatic carbocycles. The van der Waals surface area contributed by atoms with Crippen molar-refractivity contribution in [1.82, 2.24) is 9.62 Å². The molecule has 0 unspecified atom stereocenters. The van der Waals surface area contributed by atoms with Crippen molar-refractivity contribution in [2.24, 2.45) is 5.92 Å². The molecule has 5 nitrogen and oxygen atoms in total. The van der Waals surface area contributed by atoms with E-state index in [0.717, 1.165) is 0 Å². The van der Waals surface area contributed by atoms with Gasteiger partial charge >= 0.3 is 0 Å². The minimum absolute atomic E-state index is 0.104. The second kappa shape index (κ2) is 6.53. The lowest BCUT2D eigenvalue weighted by molar-refractivity contribution is -0.126. The van der Waals surface area contributed by atoms with Crippen LogP contribution in [0.4, 0.5) is 4.39 Å². The number of sulfonamides is 1. The first-order valence-corrected chi connectivity index (χ1v) is 8.68. The van der Waals surface area contributed by atoms with Gasteiger partial charge in [-0.25, -0.2) is 17.1 Å². The van der Waals surface area contributed by atoms with Gasteiger partial charge in [-0.3, -0.25) is 4.79 Å². The molecule has 1 amide bonds. The van der Waals surface area contributed by atoms with Crippen LogP contribution in [0.3, 0.4) is 0 Å². The van der Waals surface area contributed by atoms with Crippen LogP contribution in [-0.4, -0.2) is 38.0 Å². The Bertz CT molecular complexity index is 610. The summed E-state index contributed by atoms with van der Waals surface area (Å²) >= 11 is 0. The zero-order valence-corrected chi connectivity index (χ0v) is 12.7. The Morgan fingerprint density at radius 3 is 2.62 bits per heavy atom. The molecule has 0 aliphatic carbocycles. The summed E-state index contributed by atoms with van der Waals surface area (Å²) in [5.41, 5.74) is 0.705. The van der Waals surface area contributed by atoms with E-state index in [4.69, 9.17) is 0 Å². The molecule has 0 atom stereocenters. The SMILES string of the molecule is CS(=O)(=O)N1CCC(C(=O)NCc2cccc(F)c2)CC1. The van der Waals surface area contributed by atoms with E-state index in [1.54, 1.807) is 12.1 Å². The van der Waals surface area contributed by atoms with Gasteiger partial charge in [0.25, 0.3) is 0 Å². The van der Waals surface area contributed by atoms with Crippen LogP contribution >= 0.6 is 0 Å². The molecule has 1 fully saturated rings. The first kappa shape index (κ1) is 15.9. The first-order chi connectivity index (χ1) is 9.86. The summed E-state index contributed by atoms with van der Waals surface area (Å²) in [4.78, 5) is 12.0. The molecule has 0 bridgehead atoms. The van der Waals surface area contributed by atoms with Gasteiger partial charge in [0.05, 0.1) is 6.26 Å². The molecular formula is C14H19FN2O3S. The quantitative estimate of drug-likeness (QED) is 0.905. The Labute approximate surface area is 124 Å². The monoisotopic (exact) mass is 314 g/mol. The standard InChI is InChI=1S/C14H19FN2O3S/c1-21(19,20)17-7-5-12(6-8-17)14(18)16-10-11-3-2-4-13(15)9-11/h2-4,9,12H,5-8,10H2,1H3,(H,16,18). The van der Waals surface area contributed by atoms with Crippen molar-refractivity contribution in [2.45, 2.75) is 19.4 Å². The lowest BCUT2D eigenvalue weighted by Crippen LogP contribution is -2.42. The number of carbonyl (C=O) groups is 1. The largest absolute Gasteiger partial charge is 0.352 e. The molecule has 1 aliphatic rings. The Hall–Kier alpha value is -1.47. The molecule has 2 rings (SSSR count). The lowest BCUT2D eigenvalue weighted by Gasteiger charge is -2.29. The molecule has 116 valence electrons. The van der Waals surface area contributed by atoms with E-state index in [2.05, 4.69) is 5.32 Å². The van der Waals surface area contributed by atoms with Crippen LogP contribution in [0, 0.1) is 11.7 Å². The van der Waals surface area contributed by atoms with Crippen LogP contribution in [0.25, 0.3) is 0 Å². The van der Waals surface area contributed by atoms with Crippen molar-refractivity contribution >= 4 is 15.9 Å². The average Bonchev–Trinajstić information content (AvgIpc) is 2.44. The summed E-state index contributed by atoms with van der Waals surface area (Å²) in [6, 6.07) is 6.08. The molecule has 0 saturated carbocycles. The predicted molar refractivity (Wildman–Crippen MR) is 77.4 cm³/mol. The third-order valence-corrected chi connectivity index (χ3v) is 4.95. The molecule has 1 saturated heterocycles. The Balaban J connectivity index is 1.83. The highest BCUT2D eigenvalue weighted by molar-refractivity contribution is 7.88. The maximum absolute atomic E-state index is 13.0. The van der Waals surface area contributed by atoms with Gasteiger partial charge in [-0.05, 0) is 30.5 Å². The van der Waals surface area contributed by atoms with Crippen LogP contribution in [-0.2, 0) is 21.4 Å². The van der Waals surface area contributed by atoms with Crippen LogP contribution in [0.2, 0.25) is 0 Å². The van der Waals surface area contributed by atoms with Crippen LogP contribution in [0.15, 0.2) is 24.3 Å². The number of rotatable bonds is 4. The summed E-state index contributed by atoms with van der Waals surface area (Å²) in [6.07, 6.45) is 2.21.